The first-order chi connectivity index (χ1) is 13.9. The molecule has 1 aliphatic rings. The Morgan fingerprint density at radius 3 is 2.38 bits per heavy atom. The lowest BCUT2D eigenvalue weighted by Crippen LogP contribution is -2.32. The van der Waals surface area contributed by atoms with Crippen molar-refractivity contribution in [2.75, 3.05) is 43.2 Å². The summed E-state index contributed by atoms with van der Waals surface area (Å²) in [5.41, 5.74) is 2.56. The molecule has 5 nitrogen and oxygen atoms in total. The van der Waals surface area contributed by atoms with Gasteiger partial charge in [-0.25, -0.2) is 0 Å². The molecule has 6 heteroatoms. The van der Waals surface area contributed by atoms with Crippen molar-refractivity contribution in [2.24, 2.45) is 5.92 Å². The fraction of sp³-hybridized carbons (Fsp3) is 0.391. The monoisotopic (exact) mass is 411 g/mol. The second kappa shape index (κ2) is 9.83. The molecular weight excluding hydrogens is 382 g/mol. The highest BCUT2D eigenvalue weighted by molar-refractivity contribution is 8.00. The van der Waals surface area contributed by atoms with Gasteiger partial charge in [-0.15, -0.1) is 11.8 Å². The third kappa shape index (κ3) is 5.76. The molecule has 0 saturated carbocycles. The fourth-order valence-electron chi connectivity index (χ4n) is 3.27. The fourth-order valence-corrected chi connectivity index (χ4v) is 4.30. The average molecular weight is 412 g/mol. The number of benzene rings is 2. The number of nitrogens with zero attached hydrogens (tertiary/aromatic N) is 2. The van der Waals surface area contributed by atoms with Crippen molar-refractivity contribution < 1.29 is 9.59 Å². The van der Waals surface area contributed by atoms with E-state index in [0.717, 1.165) is 29.6 Å². The minimum Gasteiger partial charge on any atom is -0.372 e. The third-order valence-corrected chi connectivity index (χ3v) is 6.31. The maximum atomic E-state index is 12.8. The van der Waals surface area contributed by atoms with Gasteiger partial charge in [-0.1, -0.05) is 19.1 Å². The molecule has 0 radical (unpaired) electrons. The Morgan fingerprint density at radius 2 is 1.72 bits per heavy atom. The van der Waals surface area contributed by atoms with Gasteiger partial charge in [-0.3, -0.25) is 9.59 Å². The van der Waals surface area contributed by atoms with Gasteiger partial charge in [-0.05, 0) is 55.2 Å². The van der Waals surface area contributed by atoms with Crippen LogP contribution in [-0.2, 0) is 4.79 Å². The number of nitrogens with one attached hydrogen (secondary N) is 1. The normalized spacial score (nSPS) is 14.5. The van der Waals surface area contributed by atoms with E-state index < -0.39 is 0 Å². The van der Waals surface area contributed by atoms with Crippen molar-refractivity contribution in [3.8, 4) is 0 Å². The highest BCUT2D eigenvalue weighted by atomic mass is 32.2. The Labute approximate surface area is 177 Å². The molecule has 2 amide bonds. The molecular formula is C23H29N3O2S. The summed E-state index contributed by atoms with van der Waals surface area (Å²) in [5.74, 6) is 0.967. The molecule has 1 heterocycles. The first-order valence-electron chi connectivity index (χ1n) is 10.0. The van der Waals surface area contributed by atoms with Crippen LogP contribution in [0.15, 0.2) is 53.4 Å². The summed E-state index contributed by atoms with van der Waals surface area (Å²) >= 11 is 1.39. The summed E-state index contributed by atoms with van der Waals surface area (Å²) in [4.78, 5) is 29.4. The van der Waals surface area contributed by atoms with E-state index in [1.807, 2.05) is 30.3 Å². The van der Waals surface area contributed by atoms with E-state index in [0.29, 0.717) is 11.3 Å². The SMILES string of the molecule is CC1CCN(c2ccc(NC(=O)c3ccccc3SCC(=O)N(C)C)cc2)CC1. The van der Waals surface area contributed by atoms with E-state index in [1.165, 1.54) is 30.3 Å². The van der Waals surface area contributed by atoms with Crippen LogP contribution in [0, 0.1) is 5.92 Å². The number of carbonyl (C=O) groups is 2. The lowest BCUT2D eigenvalue weighted by molar-refractivity contribution is -0.125. The summed E-state index contributed by atoms with van der Waals surface area (Å²) in [6.45, 7) is 4.48. The molecule has 29 heavy (non-hydrogen) atoms. The van der Waals surface area contributed by atoms with E-state index in [1.54, 1.807) is 25.1 Å². The predicted molar refractivity (Wildman–Crippen MR) is 121 cm³/mol. The highest BCUT2D eigenvalue weighted by Gasteiger charge is 2.17. The largest absolute Gasteiger partial charge is 0.372 e. The van der Waals surface area contributed by atoms with Crippen molar-refractivity contribution >= 4 is 35.0 Å². The van der Waals surface area contributed by atoms with Gasteiger partial charge in [-0.2, -0.15) is 0 Å². The number of carbonyl (C=O) groups excluding carboxylic acids is 2. The minimum atomic E-state index is -0.162. The second-order valence-corrected chi connectivity index (χ2v) is 8.76. The average Bonchev–Trinajstić information content (AvgIpc) is 2.73. The molecule has 0 bridgehead atoms. The molecule has 3 rings (SSSR count). The van der Waals surface area contributed by atoms with Crippen LogP contribution in [-0.4, -0.2) is 49.7 Å². The molecule has 0 aliphatic carbocycles. The molecule has 1 saturated heterocycles. The Morgan fingerprint density at radius 1 is 1.07 bits per heavy atom. The number of amides is 2. The van der Waals surface area contributed by atoms with E-state index in [-0.39, 0.29) is 11.8 Å². The number of hydrogen-bond donors (Lipinski definition) is 1. The molecule has 0 spiro atoms. The van der Waals surface area contributed by atoms with Gasteiger partial charge in [0.05, 0.1) is 11.3 Å². The summed E-state index contributed by atoms with van der Waals surface area (Å²) in [6, 6.07) is 15.4. The topological polar surface area (TPSA) is 52.7 Å². The van der Waals surface area contributed by atoms with Crippen LogP contribution in [0.25, 0.3) is 0 Å². The van der Waals surface area contributed by atoms with Gasteiger partial charge in [0.2, 0.25) is 5.91 Å². The number of thioether (sulfide) groups is 1. The van der Waals surface area contributed by atoms with E-state index >= 15 is 0 Å². The zero-order chi connectivity index (χ0) is 20.8. The first kappa shape index (κ1) is 21.2. The van der Waals surface area contributed by atoms with Crippen LogP contribution in [0.1, 0.15) is 30.1 Å². The Kier molecular flexibility index (Phi) is 7.20. The van der Waals surface area contributed by atoms with Crippen LogP contribution in [0.4, 0.5) is 11.4 Å². The summed E-state index contributed by atoms with van der Waals surface area (Å²) in [6.07, 6.45) is 2.45. The van der Waals surface area contributed by atoms with Gasteiger partial charge < -0.3 is 15.1 Å². The van der Waals surface area contributed by atoms with Gasteiger partial charge in [0.1, 0.15) is 0 Å². The molecule has 2 aromatic carbocycles. The van der Waals surface area contributed by atoms with Crippen molar-refractivity contribution in [1.29, 1.82) is 0 Å². The van der Waals surface area contributed by atoms with E-state index in [9.17, 15) is 9.59 Å². The van der Waals surface area contributed by atoms with Crippen LogP contribution in [0.3, 0.4) is 0 Å². The zero-order valence-electron chi connectivity index (χ0n) is 17.4. The predicted octanol–water partition coefficient (Wildman–Crippen LogP) is 4.36. The number of piperidine rings is 1. The second-order valence-electron chi connectivity index (χ2n) is 7.74. The quantitative estimate of drug-likeness (QED) is 0.718. The van der Waals surface area contributed by atoms with E-state index in [4.69, 9.17) is 0 Å². The molecule has 0 unspecified atom stereocenters. The Hall–Kier alpha value is -2.47. The summed E-state index contributed by atoms with van der Waals surface area (Å²) in [7, 11) is 3.46. The molecule has 1 N–H and O–H groups in total. The Balaban J connectivity index is 1.63. The van der Waals surface area contributed by atoms with Gasteiger partial charge in [0, 0.05) is 43.5 Å². The molecule has 2 aromatic rings. The standard InChI is InChI=1S/C23H29N3O2S/c1-17-12-14-26(15-13-17)19-10-8-18(9-11-19)24-23(28)20-6-4-5-7-21(20)29-16-22(27)25(2)3/h4-11,17H,12-16H2,1-3H3,(H,24,28). The molecule has 1 aliphatic heterocycles. The third-order valence-electron chi connectivity index (χ3n) is 5.26. The smallest absolute Gasteiger partial charge is 0.256 e. The van der Waals surface area contributed by atoms with Crippen molar-refractivity contribution in [3.63, 3.8) is 0 Å². The van der Waals surface area contributed by atoms with Gasteiger partial charge in [0.15, 0.2) is 0 Å². The van der Waals surface area contributed by atoms with Crippen molar-refractivity contribution in [1.82, 2.24) is 4.90 Å². The molecule has 0 aromatic heterocycles. The highest BCUT2D eigenvalue weighted by Crippen LogP contribution is 2.26. The Bertz CT molecular complexity index is 843. The van der Waals surface area contributed by atoms with Crippen molar-refractivity contribution in [2.45, 2.75) is 24.7 Å². The summed E-state index contributed by atoms with van der Waals surface area (Å²) in [5, 5.41) is 2.98. The first-order valence-corrected chi connectivity index (χ1v) is 11.0. The van der Waals surface area contributed by atoms with E-state index in [2.05, 4.69) is 29.3 Å². The zero-order valence-corrected chi connectivity index (χ0v) is 18.2. The van der Waals surface area contributed by atoms with Crippen molar-refractivity contribution in [3.05, 3.63) is 54.1 Å². The molecule has 0 atom stereocenters. The summed E-state index contributed by atoms with van der Waals surface area (Å²) < 4.78 is 0. The molecule has 154 valence electrons. The maximum absolute atomic E-state index is 12.8. The van der Waals surface area contributed by atoms with Crippen LogP contribution in [0.2, 0.25) is 0 Å². The lowest BCUT2D eigenvalue weighted by atomic mass is 9.99. The van der Waals surface area contributed by atoms with Crippen LogP contribution in [0.5, 0.6) is 0 Å². The van der Waals surface area contributed by atoms with Gasteiger partial charge >= 0.3 is 0 Å². The molecule has 1 fully saturated rings. The number of hydrogen-bond acceptors (Lipinski definition) is 4. The number of rotatable bonds is 6. The number of anilines is 2. The minimum absolute atomic E-state index is 0.0212. The van der Waals surface area contributed by atoms with Gasteiger partial charge in [0.25, 0.3) is 5.91 Å². The maximum Gasteiger partial charge on any atom is 0.256 e. The lowest BCUT2D eigenvalue weighted by Gasteiger charge is -2.32. The van der Waals surface area contributed by atoms with Crippen LogP contribution >= 0.6 is 11.8 Å². The van der Waals surface area contributed by atoms with Crippen LogP contribution < -0.4 is 10.2 Å².